The van der Waals surface area contributed by atoms with Gasteiger partial charge >= 0.3 is 0 Å². The van der Waals surface area contributed by atoms with Gasteiger partial charge in [-0.3, -0.25) is 9.35 Å². The highest BCUT2D eigenvalue weighted by molar-refractivity contribution is 7.86. The van der Waals surface area contributed by atoms with Crippen LogP contribution in [0.4, 0.5) is 0 Å². The third-order valence-electron chi connectivity index (χ3n) is 11.7. The number of nitrogens with zero attached hydrogens (tertiary/aromatic N) is 2. The van der Waals surface area contributed by atoms with E-state index in [1.54, 1.807) is 14.2 Å². The van der Waals surface area contributed by atoms with E-state index in [1.165, 1.54) is 11.1 Å². The number of carbonyl (C=O) groups excluding carboxylic acids is 1. The van der Waals surface area contributed by atoms with Crippen LogP contribution in [-0.2, 0) is 29.5 Å². The summed E-state index contributed by atoms with van der Waals surface area (Å²) in [4.78, 5) is 17.8. The summed E-state index contributed by atoms with van der Waals surface area (Å²) in [6, 6.07) is 23.7. The lowest BCUT2D eigenvalue weighted by molar-refractivity contribution is 0.0788. The van der Waals surface area contributed by atoms with Gasteiger partial charge in [0.25, 0.3) is 16.0 Å². The molecule has 8 rings (SSSR count). The van der Waals surface area contributed by atoms with Crippen molar-refractivity contribution in [2.75, 3.05) is 27.4 Å². The van der Waals surface area contributed by atoms with Crippen LogP contribution in [0.5, 0.6) is 23.0 Å². The Bertz CT molecular complexity index is 2320. The van der Waals surface area contributed by atoms with E-state index in [2.05, 4.69) is 42.2 Å². The second-order valence-corrected chi connectivity index (χ2v) is 16.9. The van der Waals surface area contributed by atoms with Crippen molar-refractivity contribution in [2.24, 2.45) is 0 Å². The van der Waals surface area contributed by atoms with Crippen molar-refractivity contribution in [3.63, 3.8) is 0 Å². The van der Waals surface area contributed by atoms with E-state index in [9.17, 15) is 17.8 Å². The van der Waals surface area contributed by atoms with Crippen molar-refractivity contribution < 1.29 is 36.7 Å². The Kier molecular flexibility index (Phi) is 10.3. The summed E-state index contributed by atoms with van der Waals surface area (Å²) in [6.45, 7) is 5.34. The Morgan fingerprint density at radius 3 is 2.12 bits per heavy atom. The first-order valence-corrected chi connectivity index (χ1v) is 20.8. The number of benzene rings is 4. The van der Waals surface area contributed by atoms with Crippen LogP contribution in [0.2, 0.25) is 0 Å². The van der Waals surface area contributed by atoms with Gasteiger partial charge < -0.3 is 28.7 Å². The van der Waals surface area contributed by atoms with Crippen molar-refractivity contribution in [3.8, 4) is 23.0 Å². The van der Waals surface area contributed by atoms with Gasteiger partial charge in [0.1, 0.15) is 16.7 Å². The molecule has 1 unspecified atom stereocenters. The van der Waals surface area contributed by atoms with Crippen molar-refractivity contribution in [1.29, 1.82) is 0 Å². The molecule has 4 aliphatic rings. The molecular weight excluding hydrogens is 729 g/mol. The number of ether oxygens (including phenoxy) is 4. The molecule has 0 radical (unpaired) electrons. The van der Waals surface area contributed by atoms with E-state index in [4.69, 9.17) is 18.9 Å². The molecule has 4 aliphatic heterocycles. The lowest BCUT2D eigenvalue weighted by atomic mass is 9.96. The molecule has 0 saturated carbocycles. The van der Waals surface area contributed by atoms with Crippen molar-refractivity contribution in [2.45, 2.75) is 76.3 Å². The van der Waals surface area contributed by atoms with E-state index in [1.807, 2.05) is 66.7 Å². The minimum absolute atomic E-state index is 0.0166. The fourth-order valence-corrected chi connectivity index (χ4v) is 9.64. The molecule has 1 amide bonds. The minimum Gasteiger partial charge on any atom is -0.497 e. The smallest absolute Gasteiger partial charge is 0.270 e. The topological polar surface area (TPSA) is 115 Å². The molecule has 11 heteroatoms. The summed E-state index contributed by atoms with van der Waals surface area (Å²) in [5, 5.41) is -0.990. The summed E-state index contributed by atoms with van der Waals surface area (Å²) in [5.74, 6) is 2.52. The third kappa shape index (κ3) is 7.50. The number of carbonyl (C=O) groups is 1. The van der Waals surface area contributed by atoms with Gasteiger partial charge in [0.05, 0.1) is 33.5 Å². The van der Waals surface area contributed by atoms with Gasteiger partial charge in [-0.15, -0.1) is 0 Å². The Balaban J connectivity index is 0.915. The van der Waals surface area contributed by atoms with Crippen molar-refractivity contribution in [3.05, 3.63) is 130 Å². The SMILES string of the molecule is COc1ccc(C2=CN3Cc4cc(C)c(OCCCOc5cc6c(cc5OC)C(=O)N5C=C(c7ccc(C)cc7)C[C@H]5CC6)cc4CC(S(=O)(=O)O)[C@@H]3C2)cc1. The van der Waals surface area contributed by atoms with Crippen LogP contribution in [0.1, 0.15) is 75.0 Å². The molecular formula is C45H48N2O8S. The standard InChI is InChI=1S/C45H48N2O8S/c1-28-6-8-30(9-7-28)35-19-37-13-10-32-21-43(42(53-4)24-39(32)45(48)47(37)27-35)55-17-5-16-54-41-22-33-23-44(56(49,50)51)40-20-36(31-11-14-38(52-3)15-12-31)26-46(40)25-34(33)18-29(41)2/h6-9,11-12,14-15,18,21-22,24,26-27,37,40,44H,5,10,13,16-17,19-20,23,25H2,1-4H3,(H,49,50,51)/t37-,40+,44?/m1/s1. The number of fused-ring (bicyclic) bond motifs is 4. The number of rotatable bonds is 11. The zero-order chi connectivity index (χ0) is 39.1. The molecule has 3 atom stereocenters. The second-order valence-electron chi connectivity index (χ2n) is 15.3. The lowest BCUT2D eigenvalue weighted by Gasteiger charge is -2.27. The van der Waals surface area contributed by atoms with E-state index < -0.39 is 21.4 Å². The number of hydrogen-bond acceptors (Lipinski definition) is 8. The molecule has 0 aliphatic carbocycles. The Hall–Kier alpha value is -5.26. The van der Waals surface area contributed by atoms with Crippen LogP contribution in [0, 0.1) is 13.8 Å². The number of hydrogen-bond donors (Lipinski definition) is 1. The maximum absolute atomic E-state index is 13.8. The highest BCUT2D eigenvalue weighted by Crippen LogP contribution is 2.41. The fraction of sp³-hybridized carbons (Fsp3) is 0.356. The van der Waals surface area contributed by atoms with Crippen LogP contribution in [0.15, 0.2) is 85.2 Å². The van der Waals surface area contributed by atoms with Gasteiger partial charge in [0, 0.05) is 37.0 Å². The summed E-state index contributed by atoms with van der Waals surface area (Å²) in [6.07, 6.45) is 7.76. The third-order valence-corrected chi connectivity index (χ3v) is 12.9. The molecule has 4 aromatic rings. The van der Waals surface area contributed by atoms with E-state index in [0.717, 1.165) is 64.0 Å². The van der Waals surface area contributed by atoms with Gasteiger partial charge in [-0.05, 0) is 121 Å². The molecule has 0 bridgehead atoms. The molecule has 292 valence electrons. The van der Waals surface area contributed by atoms with Crippen molar-refractivity contribution >= 4 is 27.2 Å². The second kappa shape index (κ2) is 15.3. The number of amides is 1. The molecule has 0 fully saturated rings. The van der Waals surface area contributed by atoms with Crippen LogP contribution in [0.3, 0.4) is 0 Å². The molecule has 0 spiro atoms. The van der Waals surface area contributed by atoms with Crippen LogP contribution in [-0.4, -0.2) is 73.4 Å². The Morgan fingerprint density at radius 1 is 0.750 bits per heavy atom. The first-order chi connectivity index (χ1) is 27.0. The summed E-state index contributed by atoms with van der Waals surface area (Å²) >= 11 is 0. The van der Waals surface area contributed by atoms with E-state index in [0.29, 0.717) is 55.4 Å². The predicted molar refractivity (Wildman–Crippen MR) is 216 cm³/mol. The average Bonchev–Trinajstić information content (AvgIpc) is 3.74. The van der Waals surface area contributed by atoms with Gasteiger partial charge in [-0.1, -0.05) is 48.0 Å². The molecule has 0 aromatic heterocycles. The summed E-state index contributed by atoms with van der Waals surface area (Å²) in [7, 11) is -1.15. The van der Waals surface area contributed by atoms with E-state index >= 15 is 0 Å². The lowest BCUT2D eigenvalue weighted by Crippen LogP contribution is -2.41. The number of methoxy groups -OCH3 is 2. The Labute approximate surface area is 329 Å². The van der Waals surface area contributed by atoms with Gasteiger partial charge in [0.15, 0.2) is 11.5 Å². The zero-order valence-corrected chi connectivity index (χ0v) is 33.1. The van der Waals surface area contributed by atoms with Crippen LogP contribution >= 0.6 is 0 Å². The Morgan fingerprint density at radius 2 is 1.43 bits per heavy atom. The summed E-state index contributed by atoms with van der Waals surface area (Å²) in [5.41, 5.74) is 9.98. The fourth-order valence-electron chi connectivity index (χ4n) is 8.60. The first-order valence-electron chi connectivity index (χ1n) is 19.3. The average molecular weight is 777 g/mol. The molecule has 4 heterocycles. The maximum Gasteiger partial charge on any atom is 0.270 e. The molecule has 56 heavy (non-hydrogen) atoms. The maximum atomic E-state index is 13.8. The summed E-state index contributed by atoms with van der Waals surface area (Å²) < 4.78 is 59.5. The minimum atomic E-state index is -4.36. The first kappa shape index (κ1) is 37.7. The molecule has 4 aromatic carbocycles. The quantitative estimate of drug-likeness (QED) is 0.120. The predicted octanol–water partition coefficient (Wildman–Crippen LogP) is 7.80. The molecule has 10 nitrogen and oxygen atoms in total. The normalized spacial score (nSPS) is 20.2. The monoisotopic (exact) mass is 776 g/mol. The highest BCUT2D eigenvalue weighted by atomic mass is 32.2. The van der Waals surface area contributed by atoms with Crippen LogP contribution in [0.25, 0.3) is 11.1 Å². The number of aryl methyl sites for hydroxylation is 3. The van der Waals surface area contributed by atoms with Gasteiger partial charge in [0.2, 0.25) is 0 Å². The van der Waals surface area contributed by atoms with Crippen LogP contribution < -0.4 is 18.9 Å². The zero-order valence-electron chi connectivity index (χ0n) is 32.3. The van der Waals surface area contributed by atoms with E-state index in [-0.39, 0.29) is 18.4 Å². The largest absolute Gasteiger partial charge is 0.497 e. The molecule has 0 saturated heterocycles. The van der Waals surface area contributed by atoms with Crippen molar-refractivity contribution in [1.82, 2.24) is 9.80 Å². The molecule has 1 N–H and O–H groups in total. The highest BCUT2D eigenvalue weighted by Gasteiger charge is 2.42. The van der Waals surface area contributed by atoms with Gasteiger partial charge in [-0.25, -0.2) is 0 Å². The van der Waals surface area contributed by atoms with Gasteiger partial charge in [-0.2, -0.15) is 8.42 Å².